The third-order valence-electron chi connectivity index (χ3n) is 6.84. The normalized spacial score (nSPS) is 17.5. The second-order valence-corrected chi connectivity index (χ2v) is 9.68. The molecule has 1 saturated heterocycles. The molecule has 2 atom stereocenters. The number of esters is 1. The number of piperazine rings is 1. The third kappa shape index (κ3) is 5.18. The number of hydrogen-bond donors (Lipinski definition) is 1. The van der Waals surface area contributed by atoms with Gasteiger partial charge >= 0.3 is 5.97 Å². The van der Waals surface area contributed by atoms with Gasteiger partial charge in [-0.25, -0.2) is 9.97 Å². The van der Waals surface area contributed by atoms with Crippen molar-refractivity contribution in [2.24, 2.45) is 0 Å². The predicted octanol–water partition coefficient (Wildman–Crippen LogP) is 4.23. The molecule has 1 aliphatic rings. The van der Waals surface area contributed by atoms with E-state index in [1.54, 1.807) is 44.5 Å². The van der Waals surface area contributed by atoms with Crippen molar-refractivity contribution < 1.29 is 19.1 Å². The predicted molar refractivity (Wildman–Crippen MR) is 145 cm³/mol. The number of aromatic nitrogens is 3. The van der Waals surface area contributed by atoms with E-state index in [1.807, 2.05) is 35.4 Å². The molecule has 9 nitrogen and oxygen atoms in total. The van der Waals surface area contributed by atoms with Gasteiger partial charge in [0.15, 0.2) is 0 Å². The highest BCUT2D eigenvalue weighted by Crippen LogP contribution is 2.30. The van der Waals surface area contributed by atoms with Gasteiger partial charge in [0.25, 0.3) is 0 Å². The fourth-order valence-electron chi connectivity index (χ4n) is 5.21. The number of anilines is 1. The Kier molecular flexibility index (Phi) is 7.00. The number of hydrogen-bond acceptors (Lipinski definition) is 7. The standard InChI is InChI=1S/C29H31N5O4/c1-18-16-33(17-19(2)34(18)20(3)35)27-7-5-6-26(32-27)25-15-31-29-24(25)12-21(14-30-29)13-28(36)38-23-10-8-22(37-4)9-11-23/h5-12,14-15,18-19H,13,16-17H2,1-4H3,(H,30,31)/t18-,19+. The first-order valence-corrected chi connectivity index (χ1v) is 12.6. The van der Waals surface area contributed by atoms with Crippen LogP contribution in [0.2, 0.25) is 0 Å². The van der Waals surface area contributed by atoms with Crippen molar-refractivity contribution in [2.75, 3.05) is 25.1 Å². The largest absolute Gasteiger partial charge is 0.497 e. The van der Waals surface area contributed by atoms with Crippen molar-refractivity contribution in [3.63, 3.8) is 0 Å². The molecule has 4 heterocycles. The fourth-order valence-corrected chi connectivity index (χ4v) is 5.21. The van der Waals surface area contributed by atoms with E-state index in [1.165, 1.54) is 0 Å². The lowest BCUT2D eigenvalue weighted by molar-refractivity contribution is -0.134. The minimum atomic E-state index is -0.374. The fraction of sp³-hybridized carbons (Fsp3) is 0.310. The number of nitrogens with zero attached hydrogens (tertiary/aromatic N) is 4. The van der Waals surface area contributed by atoms with Gasteiger partial charge in [0.2, 0.25) is 5.91 Å². The number of H-pyrrole nitrogens is 1. The van der Waals surface area contributed by atoms with Gasteiger partial charge in [0, 0.05) is 55.4 Å². The second-order valence-electron chi connectivity index (χ2n) is 9.68. The smallest absolute Gasteiger partial charge is 0.315 e. The molecule has 1 aliphatic heterocycles. The number of aromatic amines is 1. The molecular formula is C29H31N5O4. The average molecular weight is 514 g/mol. The first kappa shape index (κ1) is 25.3. The minimum absolute atomic E-state index is 0.0866. The molecule has 0 bridgehead atoms. The number of fused-ring (bicyclic) bond motifs is 1. The summed E-state index contributed by atoms with van der Waals surface area (Å²) in [7, 11) is 1.59. The van der Waals surface area contributed by atoms with Gasteiger partial charge in [0.05, 0.1) is 19.2 Å². The molecule has 0 unspecified atom stereocenters. The molecule has 38 heavy (non-hydrogen) atoms. The maximum absolute atomic E-state index is 12.6. The molecule has 0 saturated carbocycles. The molecule has 5 rings (SSSR count). The third-order valence-corrected chi connectivity index (χ3v) is 6.84. The Morgan fingerprint density at radius 1 is 1.05 bits per heavy atom. The molecule has 1 aromatic carbocycles. The van der Waals surface area contributed by atoms with Crippen LogP contribution in [0, 0.1) is 0 Å². The van der Waals surface area contributed by atoms with Crippen LogP contribution in [0.15, 0.2) is 60.9 Å². The van der Waals surface area contributed by atoms with Crippen molar-refractivity contribution in [3.8, 4) is 22.8 Å². The van der Waals surface area contributed by atoms with Gasteiger partial charge in [-0.05, 0) is 61.9 Å². The Morgan fingerprint density at radius 3 is 2.45 bits per heavy atom. The number of methoxy groups -OCH3 is 1. The van der Waals surface area contributed by atoms with E-state index >= 15 is 0 Å². The highest BCUT2D eigenvalue weighted by atomic mass is 16.5. The van der Waals surface area contributed by atoms with Crippen LogP contribution in [0.4, 0.5) is 5.82 Å². The van der Waals surface area contributed by atoms with Gasteiger partial charge in [-0.1, -0.05) is 6.07 Å². The number of ether oxygens (including phenoxy) is 2. The number of carbonyl (C=O) groups excluding carboxylic acids is 2. The number of nitrogens with one attached hydrogen (secondary N) is 1. The summed E-state index contributed by atoms with van der Waals surface area (Å²) in [5.41, 5.74) is 3.18. The molecule has 196 valence electrons. The van der Waals surface area contributed by atoms with Crippen LogP contribution in [0.25, 0.3) is 22.3 Å². The molecule has 0 spiro atoms. The molecule has 1 N–H and O–H groups in total. The Morgan fingerprint density at radius 2 is 1.76 bits per heavy atom. The van der Waals surface area contributed by atoms with Crippen molar-refractivity contribution in [2.45, 2.75) is 39.3 Å². The molecule has 0 radical (unpaired) electrons. The number of benzene rings is 1. The molecule has 1 amide bonds. The first-order valence-electron chi connectivity index (χ1n) is 12.6. The molecule has 9 heteroatoms. The van der Waals surface area contributed by atoms with Crippen molar-refractivity contribution in [1.82, 2.24) is 19.9 Å². The maximum Gasteiger partial charge on any atom is 0.315 e. The van der Waals surface area contributed by atoms with Crippen LogP contribution in [0.3, 0.4) is 0 Å². The Balaban J connectivity index is 1.35. The van der Waals surface area contributed by atoms with E-state index in [9.17, 15) is 9.59 Å². The van der Waals surface area contributed by atoms with Gasteiger partial charge in [-0.2, -0.15) is 0 Å². The first-order chi connectivity index (χ1) is 18.3. The lowest BCUT2D eigenvalue weighted by atomic mass is 10.1. The summed E-state index contributed by atoms with van der Waals surface area (Å²) in [6.07, 6.45) is 3.66. The summed E-state index contributed by atoms with van der Waals surface area (Å²) in [5.74, 6) is 1.74. The van der Waals surface area contributed by atoms with E-state index in [-0.39, 0.29) is 30.4 Å². The zero-order chi connectivity index (χ0) is 26.8. The van der Waals surface area contributed by atoms with Gasteiger partial charge < -0.3 is 24.3 Å². The second kappa shape index (κ2) is 10.5. The number of amides is 1. The van der Waals surface area contributed by atoms with Crippen LogP contribution in [0.5, 0.6) is 11.5 Å². The summed E-state index contributed by atoms with van der Waals surface area (Å²) in [4.78, 5) is 41.5. The minimum Gasteiger partial charge on any atom is -0.497 e. The highest BCUT2D eigenvalue weighted by Gasteiger charge is 2.31. The summed E-state index contributed by atoms with van der Waals surface area (Å²) in [6.45, 7) is 7.20. The zero-order valence-electron chi connectivity index (χ0n) is 22.0. The summed E-state index contributed by atoms with van der Waals surface area (Å²) in [6, 6.07) is 15.0. The van der Waals surface area contributed by atoms with Crippen LogP contribution >= 0.6 is 0 Å². The van der Waals surface area contributed by atoms with E-state index in [0.717, 1.165) is 46.8 Å². The Bertz CT molecular complexity index is 1450. The Labute approximate surface area is 221 Å². The highest BCUT2D eigenvalue weighted by molar-refractivity contribution is 5.93. The molecule has 0 aliphatic carbocycles. The van der Waals surface area contributed by atoms with Crippen molar-refractivity contribution >= 4 is 28.7 Å². The van der Waals surface area contributed by atoms with Gasteiger partial charge in [0.1, 0.15) is 23.0 Å². The quantitative estimate of drug-likeness (QED) is 0.304. The van der Waals surface area contributed by atoms with Crippen LogP contribution < -0.4 is 14.4 Å². The lowest BCUT2D eigenvalue weighted by Gasteiger charge is -2.44. The van der Waals surface area contributed by atoms with E-state index < -0.39 is 0 Å². The number of pyridine rings is 2. The van der Waals surface area contributed by atoms with E-state index in [4.69, 9.17) is 14.5 Å². The van der Waals surface area contributed by atoms with Gasteiger partial charge in [-0.3, -0.25) is 9.59 Å². The maximum atomic E-state index is 12.6. The molecular weight excluding hydrogens is 482 g/mol. The number of carbonyl (C=O) groups is 2. The van der Waals surface area contributed by atoms with E-state index in [0.29, 0.717) is 11.5 Å². The summed E-state index contributed by atoms with van der Waals surface area (Å²) < 4.78 is 10.6. The van der Waals surface area contributed by atoms with Crippen molar-refractivity contribution in [1.29, 1.82) is 0 Å². The topological polar surface area (TPSA) is 101 Å². The summed E-state index contributed by atoms with van der Waals surface area (Å²) in [5, 5.41) is 0.882. The lowest BCUT2D eigenvalue weighted by Crippen LogP contribution is -2.58. The van der Waals surface area contributed by atoms with E-state index in [2.05, 4.69) is 28.7 Å². The average Bonchev–Trinajstić information content (AvgIpc) is 3.32. The number of rotatable bonds is 6. The summed E-state index contributed by atoms with van der Waals surface area (Å²) >= 11 is 0. The van der Waals surface area contributed by atoms with Crippen LogP contribution in [-0.4, -0.2) is 64.0 Å². The zero-order valence-corrected chi connectivity index (χ0v) is 22.0. The SMILES string of the molecule is COc1ccc(OC(=O)Cc2cnc3[nH]cc(-c4cccc(N5C[C@@H](C)N(C(C)=O)[C@@H](C)C5)n4)c3c2)cc1. The van der Waals surface area contributed by atoms with Crippen LogP contribution in [-0.2, 0) is 16.0 Å². The Hall–Kier alpha value is -4.40. The monoisotopic (exact) mass is 513 g/mol. The molecule has 1 fully saturated rings. The molecule has 4 aromatic rings. The van der Waals surface area contributed by atoms with Crippen LogP contribution in [0.1, 0.15) is 26.3 Å². The van der Waals surface area contributed by atoms with Crippen molar-refractivity contribution in [3.05, 3.63) is 66.5 Å². The molecule has 3 aromatic heterocycles. The van der Waals surface area contributed by atoms with Gasteiger partial charge in [-0.15, -0.1) is 0 Å².